The van der Waals surface area contributed by atoms with Gasteiger partial charge in [-0.2, -0.15) is 0 Å². The summed E-state index contributed by atoms with van der Waals surface area (Å²) < 4.78 is 5.51. The molecule has 90 valence electrons. The molecule has 2 N–H and O–H groups in total. The van der Waals surface area contributed by atoms with Crippen LogP contribution < -0.4 is 15.4 Å². The lowest BCUT2D eigenvalue weighted by molar-refractivity contribution is -0.121. The van der Waals surface area contributed by atoms with Gasteiger partial charge >= 0.3 is 0 Å². The fourth-order valence-corrected chi connectivity index (χ4v) is 2.05. The summed E-state index contributed by atoms with van der Waals surface area (Å²) in [4.78, 5) is 11.7. The molecule has 1 aromatic carbocycles. The van der Waals surface area contributed by atoms with E-state index in [4.69, 9.17) is 4.74 Å². The monoisotopic (exact) mass is 232 g/mol. The second-order valence-corrected chi connectivity index (χ2v) is 4.62. The Hall–Kier alpha value is -1.55. The third-order valence-electron chi connectivity index (χ3n) is 3.16. The highest BCUT2D eigenvalue weighted by Gasteiger charge is 2.26. The van der Waals surface area contributed by atoms with E-state index in [1.54, 1.807) is 0 Å². The first kappa shape index (κ1) is 10.6. The molecule has 1 aliphatic carbocycles. The Labute approximate surface area is 100 Å². The van der Waals surface area contributed by atoms with Gasteiger partial charge in [0.05, 0.1) is 12.6 Å². The molecule has 0 bridgehead atoms. The number of benzene rings is 1. The van der Waals surface area contributed by atoms with Crippen molar-refractivity contribution < 1.29 is 9.53 Å². The number of rotatable bonds is 4. The third kappa shape index (κ3) is 2.42. The zero-order chi connectivity index (χ0) is 11.7. The molecule has 0 aromatic heterocycles. The van der Waals surface area contributed by atoms with Gasteiger partial charge in [0.25, 0.3) is 0 Å². The first-order valence-electron chi connectivity index (χ1n) is 6.07. The number of ether oxygens (including phenoxy) is 1. The molecule has 17 heavy (non-hydrogen) atoms. The van der Waals surface area contributed by atoms with Gasteiger partial charge in [0.15, 0.2) is 0 Å². The van der Waals surface area contributed by atoms with Crippen molar-refractivity contribution in [2.75, 3.05) is 13.2 Å². The van der Waals surface area contributed by atoms with Gasteiger partial charge in [-0.05, 0) is 18.9 Å². The van der Waals surface area contributed by atoms with Crippen molar-refractivity contribution in [2.24, 2.45) is 0 Å². The Morgan fingerprint density at radius 3 is 3.00 bits per heavy atom. The number of fused-ring (bicyclic) bond motifs is 1. The normalized spacial score (nSPS) is 21.8. The predicted octanol–water partition coefficient (Wildman–Crippen LogP) is 0.988. The molecule has 3 rings (SSSR count). The fraction of sp³-hybridized carbons (Fsp3) is 0.462. The van der Waals surface area contributed by atoms with Gasteiger partial charge in [-0.3, -0.25) is 4.79 Å². The summed E-state index contributed by atoms with van der Waals surface area (Å²) >= 11 is 0. The number of nitrogens with one attached hydrogen (secondary N) is 2. The minimum Gasteiger partial charge on any atom is -0.491 e. The molecule has 0 radical (unpaired) electrons. The number of amides is 1. The van der Waals surface area contributed by atoms with E-state index in [0.29, 0.717) is 19.2 Å². The third-order valence-corrected chi connectivity index (χ3v) is 3.16. The van der Waals surface area contributed by atoms with Crippen LogP contribution in [0.5, 0.6) is 5.75 Å². The summed E-state index contributed by atoms with van der Waals surface area (Å²) in [6, 6.07) is 8.41. The van der Waals surface area contributed by atoms with Crippen LogP contribution in [-0.4, -0.2) is 25.1 Å². The topological polar surface area (TPSA) is 50.4 Å². The summed E-state index contributed by atoms with van der Waals surface area (Å²) in [6.07, 6.45) is 2.39. The van der Waals surface area contributed by atoms with Crippen LogP contribution in [0, 0.1) is 0 Å². The maximum atomic E-state index is 11.7. The molecular formula is C13H16N2O2. The van der Waals surface area contributed by atoms with E-state index >= 15 is 0 Å². The molecule has 1 unspecified atom stereocenters. The first-order valence-corrected chi connectivity index (χ1v) is 6.07. The Kier molecular flexibility index (Phi) is 2.73. The highest BCUT2D eigenvalue weighted by molar-refractivity contribution is 5.78. The van der Waals surface area contributed by atoms with Crippen LogP contribution in [0.4, 0.5) is 0 Å². The van der Waals surface area contributed by atoms with Crippen LogP contribution in [0.15, 0.2) is 24.3 Å². The number of carbonyl (C=O) groups excluding carboxylic acids is 1. The lowest BCUT2D eigenvalue weighted by atomic mass is 10.1. The maximum absolute atomic E-state index is 11.7. The van der Waals surface area contributed by atoms with Gasteiger partial charge in [-0.15, -0.1) is 0 Å². The second-order valence-electron chi connectivity index (χ2n) is 4.62. The molecular weight excluding hydrogens is 216 g/mol. The first-order chi connectivity index (χ1) is 8.33. The molecule has 1 heterocycles. The standard InChI is InChI=1S/C13H16N2O2/c16-13(7-14-9-5-6-9)15-11-8-17-12-4-2-1-3-10(11)12/h1-4,9,11,14H,5-8H2,(H,15,16). The quantitative estimate of drug-likeness (QED) is 0.814. The maximum Gasteiger partial charge on any atom is 0.234 e. The van der Waals surface area contributed by atoms with E-state index in [1.807, 2.05) is 24.3 Å². The zero-order valence-electron chi connectivity index (χ0n) is 9.61. The van der Waals surface area contributed by atoms with Crippen molar-refractivity contribution in [3.8, 4) is 5.75 Å². The van der Waals surface area contributed by atoms with Crippen molar-refractivity contribution in [3.63, 3.8) is 0 Å². The lowest BCUT2D eigenvalue weighted by Gasteiger charge is -2.11. The van der Waals surface area contributed by atoms with Crippen molar-refractivity contribution in [1.29, 1.82) is 0 Å². The van der Waals surface area contributed by atoms with Crippen LogP contribution in [0.3, 0.4) is 0 Å². The summed E-state index contributed by atoms with van der Waals surface area (Å²) in [7, 11) is 0. The molecule has 1 fully saturated rings. The molecule has 2 aliphatic rings. The Bertz CT molecular complexity index is 429. The van der Waals surface area contributed by atoms with Crippen LogP contribution >= 0.6 is 0 Å². The van der Waals surface area contributed by atoms with Crippen molar-refractivity contribution in [3.05, 3.63) is 29.8 Å². The second kappa shape index (κ2) is 4.37. The average molecular weight is 232 g/mol. The van der Waals surface area contributed by atoms with Gasteiger partial charge in [0.1, 0.15) is 12.4 Å². The number of hydrogen-bond donors (Lipinski definition) is 2. The van der Waals surface area contributed by atoms with Crippen molar-refractivity contribution in [1.82, 2.24) is 10.6 Å². The zero-order valence-corrected chi connectivity index (χ0v) is 9.61. The fourth-order valence-electron chi connectivity index (χ4n) is 2.05. The minimum absolute atomic E-state index is 0.000275. The summed E-state index contributed by atoms with van der Waals surface area (Å²) in [6.45, 7) is 0.942. The van der Waals surface area contributed by atoms with E-state index in [2.05, 4.69) is 10.6 Å². The molecule has 4 heteroatoms. The van der Waals surface area contributed by atoms with Gasteiger partial charge in [-0.1, -0.05) is 18.2 Å². The highest BCUT2D eigenvalue weighted by Crippen LogP contribution is 2.31. The molecule has 0 saturated heterocycles. The van der Waals surface area contributed by atoms with E-state index in [9.17, 15) is 4.79 Å². The summed E-state index contributed by atoms with van der Waals surface area (Å²) in [5, 5.41) is 6.19. The molecule has 1 aromatic rings. The Balaban J connectivity index is 1.56. The summed E-state index contributed by atoms with van der Waals surface area (Å²) in [5.41, 5.74) is 1.08. The SMILES string of the molecule is O=C(CNC1CC1)NC1COc2ccccc21. The van der Waals surface area contributed by atoms with Gasteiger partial charge in [0, 0.05) is 11.6 Å². The highest BCUT2D eigenvalue weighted by atomic mass is 16.5. The Morgan fingerprint density at radius 1 is 1.35 bits per heavy atom. The van der Waals surface area contributed by atoms with Gasteiger partial charge < -0.3 is 15.4 Å². The van der Waals surface area contributed by atoms with E-state index in [-0.39, 0.29) is 11.9 Å². The summed E-state index contributed by atoms with van der Waals surface area (Å²) in [5.74, 6) is 0.926. The van der Waals surface area contributed by atoms with Gasteiger partial charge in [0.2, 0.25) is 5.91 Å². The van der Waals surface area contributed by atoms with Crippen molar-refractivity contribution in [2.45, 2.75) is 24.9 Å². The molecule has 0 spiro atoms. The van der Waals surface area contributed by atoms with Crippen molar-refractivity contribution >= 4 is 5.91 Å². The van der Waals surface area contributed by atoms with Crippen LogP contribution in [0.25, 0.3) is 0 Å². The van der Waals surface area contributed by atoms with Crippen LogP contribution in [0.1, 0.15) is 24.4 Å². The van der Waals surface area contributed by atoms with E-state index < -0.39 is 0 Å². The van der Waals surface area contributed by atoms with E-state index in [1.165, 1.54) is 12.8 Å². The number of hydrogen-bond acceptors (Lipinski definition) is 3. The van der Waals surface area contributed by atoms with Gasteiger partial charge in [-0.25, -0.2) is 0 Å². The molecule has 4 nitrogen and oxygen atoms in total. The minimum atomic E-state index is -0.000275. The molecule has 1 saturated carbocycles. The predicted molar refractivity (Wildman–Crippen MR) is 63.8 cm³/mol. The number of carbonyl (C=O) groups is 1. The smallest absolute Gasteiger partial charge is 0.234 e. The lowest BCUT2D eigenvalue weighted by Crippen LogP contribution is -2.37. The molecule has 1 amide bonds. The average Bonchev–Trinajstić information content (AvgIpc) is 3.10. The molecule has 1 aliphatic heterocycles. The van der Waals surface area contributed by atoms with E-state index in [0.717, 1.165) is 11.3 Å². The van der Waals surface area contributed by atoms with Crippen LogP contribution in [-0.2, 0) is 4.79 Å². The molecule has 1 atom stereocenters. The Morgan fingerprint density at radius 2 is 2.18 bits per heavy atom. The number of para-hydroxylation sites is 1. The largest absolute Gasteiger partial charge is 0.491 e. The van der Waals surface area contributed by atoms with Crippen LogP contribution in [0.2, 0.25) is 0 Å².